The zero-order valence-electron chi connectivity index (χ0n) is 16.2. The van der Waals surface area contributed by atoms with E-state index in [4.69, 9.17) is 4.74 Å². The molecule has 0 saturated heterocycles. The number of benzene rings is 2. The van der Waals surface area contributed by atoms with Crippen LogP contribution < -0.4 is 10.6 Å². The van der Waals surface area contributed by atoms with Crippen LogP contribution in [-0.2, 0) is 17.5 Å². The van der Waals surface area contributed by atoms with Crippen LogP contribution in [0.3, 0.4) is 0 Å². The first kappa shape index (κ1) is 21.1. The standard InChI is InChI=1S/C20H18F3N5O2/c1-25-18(29)12-4-3-5-14(8-12)26-19-27-16-10-15(20(21,22)23)13(11-24)9-17(16)28(19)6-7-30-2/h3-5,8-10H,6-7H2,1-2H3,(H,25,29)(H,26,27). The minimum Gasteiger partial charge on any atom is -0.383 e. The first-order valence-corrected chi connectivity index (χ1v) is 8.88. The van der Waals surface area contributed by atoms with Gasteiger partial charge in [-0.1, -0.05) is 6.07 Å². The SMILES string of the molecule is CNC(=O)c1cccc(Nc2nc3cc(C(F)(F)F)c(C#N)cc3n2CCOC)c1. The largest absolute Gasteiger partial charge is 0.417 e. The summed E-state index contributed by atoms with van der Waals surface area (Å²) < 4.78 is 46.7. The van der Waals surface area contributed by atoms with Crippen LogP contribution in [0.25, 0.3) is 11.0 Å². The second kappa shape index (κ2) is 8.42. The highest BCUT2D eigenvalue weighted by molar-refractivity contribution is 5.95. The molecule has 0 radical (unpaired) electrons. The van der Waals surface area contributed by atoms with Gasteiger partial charge in [0.15, 0.2) is 0 Å². The third-order valence-electron chi connectivity index (χ3n) is 4.44. The number of alkyl halides is 3. The van der Waals surface area contributed by atoms with Crippen LogP contribution in [0.15, 0.2) is 36.4 Å². The molecule has 3 rings (SSSR count). The number of halogens is 3. The predicted molar refractivity (Wildman–Crippen MR) is 104 cm³/mol. The lowest BCUT2D eigenvalue weighted by atomic mass is 10.1. The minimum absolute atomic E-state index is 0.0855. The monoisotopic (exact) mass is 417 g/mol. The van der Waals surface area contributed by atoms with Gasteiger partial charge in [-0.05, 0) is 30.3 Å². The maximum Gasteiger partial charge on any atom is 0.417 e. The summed E-state index contributed by atoms with van der Waals surface area (Å²) in [5.41, 5.74) is -0.137. The number of rotatable bonds is 6. The van der Waals surface area contributed by atoms with E-state index < -0.39 is 17.3 Å². The van der Waals surface area contributed by atoms with Gasteiger partial charge in [-0.3, -0.25) is 4.79 Å². The van der Waals surface area contributed by atoms with E-state index in [1.54, 1.807) is 34.9 Å². The van der Waals surface area contributed by atoms with E-state index in [0.717, 1.165) is 6.07 Å². The first-order chi connectivity index (χ1) is 14.3. The molecule has 3 aromatic rings. The van der Waals surface area contributed by atoms with Crippen LogP contribution in [0.4, 0.5) is 24.8 Å². The summed E-state index contributed by atoms with van der Waals surface area (Å²) in [6.45, 7) is 0.571. The molecule has 2 N–H and O–H groups in total. The number of nitrogens with zero attached hydrogens (tertiary/aromatic N) is 3. The van der Waals surface area contributed by atoms with Gasteiger partial charge in [-0.25, -0.2) is 4.98 Å². The Kier molecular flexibility index (Phi) is 5.94. The smallest absolute Gasteiger partial charge is 0.383 e. The average Bonchev–Trinajstić information content (AvgIpc) is 3.06. The first-order valence-electron chi connectivity index (χ1n) is 8.88. The summed E-state index contributed by atoms with van der Waals surface area (Å²) in [5.74, 6) is -0.0145. The van der Waals surface area contributed by atoms with E-state index in [-0.39, 0.29) is 24.0 Å². The summed E-state index contributed by atoms with van der Waals surface area (Å²) in [6.07, 6.45) is -4.68. The Hall–Kier alpha value is -3.58. The van der Waals surface area contributed by atoms with Crippen molar-refractivity contribution in [2.75, 3.05) is 26.1 Å². The number of hydrogen-bond donors (Lipinski definition) is 2. The van der Waals surface area contributed by atoms with Crippen molar-refractivity contribution in [3.05, 3.63) is 53.1 Å². The van der Waals surface area contributed by atoms with Crippen molar-refractivity contribution in [3.8, 4) is 6.07 Å². The molecule has 30 heavy (non-hydrogen) atoms. The molecule has 156 valence electrons. The number of carbonyl (C=O) groups excluding carboxylic acids is 1. The number of fused-ring (bicyclic) bond motifs is 1. The zero-order valence-corrected chi connectivity index (χ0v) is 16.2. The molecular weight excluding hydrogens is 399 g/mol. The van der Waals surface area contributed by atoms with Gasteiger partial charge in [0.25, 0.3) is 5.91 Å². The fourth-order valence-corrected chi connectivity index (χ4v) is 3.01. The maximum atomic E-state index is 13.3. The van der Waals surface area contributed by atoms with E-state index in [1.165, 1.54) is 20.2 Å². The number of nitriles is 1. The molecule has 2 aromatic carbocycles. The van der Waals surface area contributed by atoms with Gasteiger partial charge < -0.3 is 19.9 Å². The number of ether oxygens (including phenoxy) is 1. The molecule has 0 saturated carbocycles. The highest BCUT2D eigenvalue weighted by atomic mass is 19.4. The normalized spacial score (nSPS) is 11.3. The molecule has 10 heteroatoms. The van der Waals surface area contributed by atoms with E-state index >= 15 is 0 Å². The van der Waals surface area contributed by atoms with Crippen LogP contribution >= 0.6 is 0 Å². The van der Waals surface area contributed by atoms with Gasteiger partial charge >= 0.3 is 6.18 Å². The fourth-order valence-electron chi connectivity index (χ4n) is 3.01. The third-order valence-corrected chi connectivity index (χ3v) is 4.44. The lowest BCUT2D eigenvalue weighted by molar-refractivity contribution is -0.137. The molecule has 1 heterocycles. The van der Waals surface area contributed by atoms with Crippen molar-refractivity contribution >= 4 is 28.6 Å². The molecule has 1 amide bonds. The van der Waals surface area contributed by atoms with Gasteiger partial charge in [-0.15, -0.1) is 0 Å². The molecule has 0 aliphatic heterocycles. The molecule has 0 fully saturated rings. The Morgan fingerprint density at radius 2 is 2.07 bits per heavy atom. The topological polar surface area (TPSA) is 92.0 Å². The van der Waals surface area contributed by atoms with Gasteiger partial charge in [0.2, 0.25) is 5.95 Å². The van der Waals surface area contributed by atoms with Crippen molar-refractivity contribution < 1.29 is 22.7 Å². The Labute approximate surface area is 170 Å². The number of anilines is 2. The minimum atomic E-state index is -4.68. The lowest BCUT2D eigenvalue weighted by Gasteiger charge is -2.12. The highest BCUT2D eigenvalue weighted by Gasteiger charge is 2.34. The predicted octanol–water partition coefficient (Wildman–Crippen LogP) is 3.68. The fraction of sp³-hybridized carbons (Fsp3) is 0.250. The quantitative estimate of drug-likeness (QED) is 0.639. The second-order valence-corrected chi connectivity index (χ2v) is 6.36. The second-order valence-electron chi connectivity index (χ2n) is 6.36. The van der Waals surface area contributed by atoms with E-state index in [9.17, 15) is 23.2 Å². The van der Waals surface area contributed by atoms with Crippen molar-refractivity contribution in [3.63, 3.8) is 0 Å². The molecule has 0 unspecified atom stereocenters. The molecule has 0 aliphatic rings. The number of imidazole rings is 1. The van der Waals surface area contributed by atoms with Crippen LogP contribution in [0.5, 0.6) is 0 Å². The Morgan fingerprint density at radius 3 is 2.70 bits per heavy atom. The number of nitrogens with one attached hydrogen (secondary N) is 2. The Bertz CT molecular complexity index is 1130. The van der Waals surface area contributed by atoms with E-state index in [1.807, 2.05) is 0 Å². The zero-order chi connectivity index (χ0) is 21.9. The summed E-state index contributed by atoms with van der Waals surface area (Å²) >= 11 is 0. The Morgan fingerprint density at radius 1 is 1.30 bits per heavy atom. The van der Waals surface area contributed by atoms with Gasteiger partial charge in [0, 0.05) is 32.0 Å². The van der Waals surface area contributed by atoms with Crippen molar-refractivity contribution in [2.45, 2.75) is 12.7 Å². The third kappa shape index (κ3) is 4.21. The summed E-state index contributed by atoms with van der Waals surface area (Å²) in [7, 11) is 3.01. The number of methoxy groups -OCH3 is 1. The molecule has 1 aromatic heterocycles. The van der Waals surface area contributed by atoms with E-state index in [2.05, 4.69) is 15.6 Å². The molecule has 0 aliphatic carbocycles. The highest BCUT2D eigenvalue weighted by Crippen LogP contribution is 2.35. The van der Waals surface area contributed by atoms with Crippen LogP contribution in [-0.4, -0.2) is 36.2 Å². The molecule has 7 nitrogen and oxygen atoms in total. The number of carbonyl (C=O) groups is 1. The number of amides is 1. The van der Waals surface area contributed by atoms with Gasteiger partial charge in [0.1, 0.15) is 0 Å². The molecular formula is C20H18F3N5O2. The van der Waals surface area contributed by atoms with Crippen molar-refractivity contribution in [1.29, 1.82) is 5.26 Å². The number of aromatic nitrogens is 2. The van der Waals surface area contributed by atoms with Crippen molar-refractivity contribution in [2.24, 2.45) is 0 Å². The summed E-state index contributed by atoms with van der Waals surface area (Å²) in [6, 6.07) is 10.2. The summed E-state index contributed by atoms with van der Waals surface area (Å²) in [5, 5.41) is 14.8. The van der Waals surface area contributed by atoms with Crippen LogP contribution in [0, 0.1) is 11.3 Å². The molecule has 0 atom stereocenters. The van der Waals surface area contributed by atoms with Crippen LogP contribution in [0.2, 0.25) is 0 Å². The maximum absolute atomic E-state index is 13.3. The van der Waals surface area contributed by atoms with Gasteiger partial charge in [-0.2, -0.15) is 18.4 Å². The van der Waals surface area contributed by atoms with E-state index in [0.29, 0.717) is 23.3 Å². The lowest BCUT2D eigenvalue weighted by Crippen LogP contribution is -2.17. The van der Waals surface area contributed by atoms with Crippen LogP contribution in [0.1, 0.15) is 21.5 Å². The summed E-state index contributed by atoms with van der Waals surface area (Å²) in [4.78, 5) is 16.1. The Balaban J connectivity index is 2.12. The average molecular weight is 417 g/mol. The van der Waals surface area contributed by atoms with Gasteiger partial charge in [0.05, 0.1) is 34.8 Å². The molecule has 0 spiro atoms. The molecule has 0 bridgehead atoms. The number of hydrogen-bond acceptors (Lipinski definition) is 5. The van der Waals surface area contributed by atoms with Crippen molar-refractivity contribution in [1.82, 2.24) is 14.9 Å².